The Bertz CT molecular complexity index is 874. The molecule has 0 amide bonds. The number of hydrogen-bond acceptors (Lipinski definition) is 2. The van der Waals surface area contributed by atoms with Gasteiger partial charge in [-0.05, 0) is 37.6 Å². The molecule has 1 unspecified atom stereocenters. The van der Waals surface area contributed by atoms with Crippen LogP contribution in [0.15, 0.2) is 59.5 Å². The second-order valence-corrected chi connectivity index (χ2v) is 6.50. The fraction of sp³-hybridized carbons (Fsp3) is 0.111. The van der Waals surface area contributed by atoms with Crippen LogP contribution < -0.4 is 4.72 Å². The third-order valence-electron chi connectivity index (χ3n) is 3.63. The van der Waals surface area contributed by atoms with E-state index in [1.807, 2.05) is 56.3 Å². The molecule has 2 N–H and O–H groups in total. The van der Waals surface area contributed by atoms with Gasteiger partial charge in [-0.25, -0.2) is 4.21 Å². The van der Waals surface area contributed by atoms with Crippen molar-refractivity contribution in [3.05, 3.63) is 65.7 Å². The molecule has 0 saturated carbocycles. The molecular formula is C18H17NO2S. The predicted octanol–water partition coefficient (Wildman–Crippen LogP) is 4.30. The fourth-order valence-electron chi connectivity index (χ4n) is 2.53. The van der Waals surface area contributed by atoms with Crippen LogP contribution in [-0.2, 0) is 11.0 Å². The lowest BCUT2D eigenvalue weighted by Gasteiger charge is -2.12. The highest BCUT2D eigenvalue weighted by Crippen LogP contribution is 2.31. The van der Waals surface area contributed by atoms with E-state index >= 15 is 0 Å². The highest BCUT2D eigenvalue weighted by atomic mass is 32.2. The summed E-state index contributed by atoms with van der Waals surface area (Å²) < 4.78 is 15.7. The molecule has 0 aromatic heterocycles. The van der Waals surface area contributed by atoms with E-state index in [4.69, 9.17) is 0 Å². The average Bonchev–Trinajstić information content (AvgIpc) is 2.50. The molecule has 0 heterocycles. The second-order valence-electron chi connectivity index (χ2n) is 5.32. The largest absolute Gasteiger partial charge is 0.507 e. The van der Waals surface area contributed by atoms with E-state index in [1.54, 1.807) is 12.1 Å². The van der Waals surface area contributed by atoms with E-state index in [1.165, 1.54) is 0 Å². The summed E-state index contributed by atoms with van der Waals surface area (Å²) in [5.74, 6) is 0.221. The Morgan fingerprint density at radius 3 is 2.41 bits per heavy atom. The number of rotatable bonds is 3. The first kappa shape index (κ1) is 14.6. The lowest BCUT2D eigenvalue weighted by atomic mass is 10.1. The van der Waals surface area contributed by atoms with Crippen molar-refractivity contribution in [3.63, 3.8) is 0 Å². The molecule has 0 aliphatic carbocycles. The molecule has 112 valence electrons. The number of hydrogen-bond donors (Lipinski definition) is 2. The molecular weight excluding hydrogens is 294 g/mol. The smallest absolute Gasteiger partial charge is 0.150 e. The number of fused-ring (bicyclic) bond motifs is 1. The Balaban J connectivity index is 2.00. The fourth-order valence-corrected chi connectivity index (χ4v) is 3.57. The van der Waals surface area contributed by atoms with Gasteiger partial charge >= 0.3 is 0 Å². The van der Waals surface area contributed by atoms with Gasteiger partial charge in [0, 0.05) is 10.8 Å². The van der Waals surface area contributed by atoms with Crippen LogP contribution in [0.3, 0.4) is 0 Å². The first-order valence-electron chi connectivity index (χ1n) is 7.02. The Labute approximate surface area is 132 Å². The number of benzene rings is 3. The van der Waals surface area contributed by atoms with Gasteiger partial charge in [-0.3, -0.25) is 0 Å². The Kier molecular flexibility index (Phi) is 3.86. The zero-order chi connectivity index (χ0) is 15.7. The summed E-state index contributed by atoms with van der Waals surface area (Å²) in [5, 5.41) is 11.5. The van der Waals surface area contributed by atoms with E-state index in [0.29, 0.717) is 0 Å². The molecule has 3 rings (SSSR count). The Morgan fingerprint density at radius 1 is 0.955 bits per heavy atom. The number of aryl methyl sites for hydroxylation is 2. The number of nitrogens with one attached hydrogen (secondary N) is 1. The van der Waals surface area contributed by atoms with Crippen molar-refractivity contribution in [2.24, 2.45) is 0 Å². The maximum absolute atomic E-state index is 12.6. The topological polar surface area (TPSA) is 49.3 Å². The van der Waals surface area contributed by atoms with Crippen molar-refractivity contribution in [1.29, 1.82) is 0 Å². The van der Waals surface area contributed by atoms with E-state index in [0.717, 1.165) is 32.5 Å². The molecule has 0 radical (unpaired) electrons. The number of aromatic hydroxyl groups is 1. The zero-order valence-electron chi connectivity index (χ0n) is 12.5. The van der Waals surface area contributed by atoms with Gasteiger partial charge in [0.05, 0.1) is 10.6 Å². The van der Waals surface area contributed by atoms with E-state index < -0.39 is 11.0 Å². The molecule has 0 fully saturated rings. The third-order valence-corrected chi connectivity index (χ3v) is 4.90. The van der Waals surface area contributed by atoms with Crippen LogP contribution in [0.5, 0.6) is 5.75 Å². The van der Waals surface area contributed by atoms with Crippen LogP contribution >= 0.6 is 0 Å². The molecule has 0 spiro atoms. The number of anilines is 1. The molecule has 1 atom stereocenters. The van der Waals surface area contributed by atoms with Crippen molar-refractivity contribution in [2.45, 2.75) is 18.7 Å². The average molecular weight is 311 g/mol. The first-order valence-corrected chi connectivity index (χ1v) is 8.17. The van der Waals surface area contributed by atoms with Crippen LogP contribution in [0.1, 0.15) is 11.1 Å². The number of phenols is 1. The minimum absolute atomic E-state index is 0.221. The van der Waals surface area contributed by atoms with Gasteiger partial charge in [-0.2, -0.15) is 0 Å². The minimum atomic E-state index is -1.35. The van der Waals surface area contributed by atoms with Crippen LogP contribution in [0.4, 0.5) is 5.69 Å². The predicted molar refractivity (Wildman–Crippen MR) is 91.6 cm³/mol. The zero-order valence-corrected chi connectivity index (χ0v) is 13.3. The summed E-state index contributed by atoms with van der Waals surface area (Å²) in [6.07, 6.45) is 0. The van der Waals surface area contributed by atoms with E-state index in [-0.39, 0.29) is 5.75 Å². The lowest BCUT2D eigenvalue weighted by Crippen LogP contribution is -2.06. The molecule has 0 saturated heterocycles. The van der Waals surface area contributed by atoms with Crippen LogP contribution in [-0.4, -0.2) is 9.32 Å². The van der Waals surface area contributed by atoms with Crippen LogP contribution in [0, 0.1) is 13.8 Å². The summed E-state index contributed by atoms with van der Waals surface area (Å²) in [7, 11) is -1.35. The van der Waals surface area contributed by atoms with Crippen LogP contribution in [0.25, 0.3) is 10.8 Å². The number of phenolic OH excluding ortho intramolecular Hbond substituents is 1. The molecule has 4 heteroatoms. The highest BCUT2D eigenvalue weighted by Gasteiger charge is 2.10. The summed E-state index contributed by atoms with van der Waals surface area (Å²) >= 11 is 0. The van der Waals surface area contributed by atoms with Gasteiger partial charge in [0.15, 0.2) is 11.0 Å². The van der Waals surface area contributed by atoms with Gasteiger partial charge < -0.3 is 9.83 Å². The van der Waals surface area contributed by atoms with E-state index in [9.17, 15) is 9.32 Å². The SMILES string of the molecule is Cc1ccc(S(=O)Nc2ccc(O)c3ccccc23)c(C)c1. The standard InChI is InChI=1S/C18H17NO2S/c1-12-7-10-18(13(2)11-12)22(21)19-16-8-9-17(20)15-6-4-3-5-14(15)16/h3-11,19-20H,1-2H3. The summed E-state index contributed by atoms with van der Waals surface area (Å²) in [4.78, 5) is 0.766. The molecule has 22 heavy (non-hydrogen) atoms. The molecule has 3 aromatic carbocycles. The van der Waals surface area contributed by atoms with Crippen LogP contribution in [0.2, 0.25) is 0 Å². The Morgan fingerprint density at radius 2 is 1.68 bits per heavy atom. The van der Waals surface area contributed by atoms with Gasteiger partial charge in [-0.15, -0.1) is 0 Å². The highest BCUT2D eigenvalue weighted by molar-refractivity contribution is 7.86. The maximum atomic E-state index is 12.6. The van der Waals surface area contributed by atoms with Crippen molar-refractivity contribution in [1.82, 2.24) is 0 Å². The van der Waals surface area contributed by atoms with E-state index in [2.05, 4.69) is 4.72 Å². The summed E-state index contributed by atoms with van der Waals surface area (Å²) in [6.45, 7) is 3.97. The lowest BCUT2D eigenvalue weighted by molar-refractivity contribution is 0.481. The molecule has 0 aliphatic heterocycles. The van der Waals surface area contributed by atoms with Crippen molar-refractivity contribution in [3.8, 4) is 5.75 Å². The second kappa shape index (κ2) is 5.81. The van der Waals surface area contributed by atoms with Crippen molar-refractivity contribution in [2.75, 3.05) is 4.72 Å². The van der Waals surface area contributed by atoms with Gasteiger partial charge in [0.25, 0.3) is 0 Å². The quantitative estimate of drug-likeness (QED) is 0.709. The Hall–Kier alpha value is -2.33. The maximum Gasteiger partial charge on any atom is 0.150 e. The van der Waals surface area contributed by atoms with Crippen molar-refractivity contribution >= 4 is 27.4 Å². The molecule has 3 aromatic rings. The van der Waals surface area contributed by atoms with Gasteiger partial charge in [0.1, 0.15) is 5.75 Å². The molecule has 3 nitrogen and oxygen atoms in total. The van der Waals surface area contributed by atoms with Crippen molar-refractivity contribution < 1.29 is 9.32 Å². The third kappa shape index (κ3) is 2.70. The summed E-state index contributed by atoms with van der Waals surface area (Å²) in [5.41, 5.74) is 2.88. The van der Waals surface area contributed by atoms with Gasteiger partial charge in [0.2, 0.25) is 0 Å². The normalized spacial score (nSPS) is 12.3. The first-order chi connectivity index (χ1) is 10.6. The molecule has 0 aliphatic rings. The summed E-state index contributed by atoms with van der Waals surface area (Å²) in [6, 6.07) is 16.7. The minimum Gasteiger partial charge on any atom is -0.507 e. The monoisotopic (exact) mass is 311 g/mol. The molecule has 0 bridgehead atoms. The van der Waals surface area contributed by atoms with Gasteiger partial charge in [-0.1, -0.05) is 42.0 Å².